The van der Waals surface area contributed by atoms with Crippen LogP contribution in [0.3, 0.4) is 0 Å². The second-order valence-electron chi connectivity index (χ2n) is 4.50. The van der Waals surface area contributed by atoms with Crippen molar-refractivity contribution in [3.63, 3.8) is 0 Å². The summed E-state index contributed by atoms with van der Waals surface area (Å²) in [6.45, 7) is 1.46. The number of hydrogen-bond acceptors (Lipinski definition) is 5. The maximum Gasteiger partial charge on any atom is 0.332 e. The van der Waals surface area contributed by atoms with Gasteiger partial charge in [-0.3, -0.25) is 9.78 Å². The first kappa shape index (κ1) is 14.7. The van der Waals surface area contributed by atoms with Gasteiger partial charge in [0.1, 0.15) is 5.69 Å². The lowest BCUT2D eigenvalue weighted by molar-refractivity contribution is -0.141. The van der Waals surface area contributed by atoms with Crippen LogP contribution in [0.1, 0.15) is 29.0 Å². The summed E-state index contributed by atoms with van der Waals surface area (Å²) in [5.41, 5.74) is 1.81. The largest absolute Gasteiger partial charge is 0.467 e. The zero-order valence-electron chi connectivity index (χ0n) is 11.9. The molecule has 5 nitrogen and oxygen atoms in total. The second-order valence-corrected chi connectivity index (χ2v) is 4.50. The average molecular weight is 284 g/mol. The van der Waals surface area contributed by atoms with E-state index in [0.717, 1.165) is 5.56 Å². The highest BCUT2D eigenvalue weighted by Gasteiger charge is 2.21. The maximum absolute atomic E-state index is 11.9. The average Bonchev–Trinajstić information content (AvgIpc) is 2.53. The van der Waals surface area contributed by atoms with E-state index >= 15 is 0 Å². The fourth-order valence-corrected chi connectivity index (χ4v) is 1.90. The minimum Gasteiger partial charge on any atom is -0.467 e. The number of carbonyl (C=O) groups excluding carboxylic acids is 2. The Morgan fingerprint density at radius 3 is 2.38 bits per heavy atom. The van der Waals surface area contributed by atoms with Crippen molar-refractivity contribution in [1.82, 2.24) is 4.98 Å². The summed E-state index contributed by atoms with van der Waals surface area (Å²) in [6, 6.07) is 12.0. The van der Waals surface area contributed by atoms with Gasteiger partial charge in [0.25, 0.3) is 0 Å². The minimum absolute atomic E-state index is 0.103. The van der Waals surface area contributed by atoms with Gasteiger partial charge in [-0.05, 0) is 17.7 Å². The quantitative estimate of drug-likeness (QED) is 0.675. The van der Waals surface area contributed by atoms with Gasteiger partial charge in [-0.15, -0.1) is 0 Å². The van der Waals surface area contributed by atoms with E-state index in [2.05, 4.69) is 10.3 Å². The predicted octanol–water partition coefficient (Wildman–Crippen LogP) is 2.61. The van der Waals surface area contributed by atoms with Crippen molar-refractivity contribution in [2.75, 3.05) is 12.4 Å². The van der Waals surface area contributed by atoms with Crippen LogP contribution in [0.15, 0.2) is 48.7 Å². The molecule has 1 aromatic carbocycles. The molecule has 0 aliphatic rings. The molecule has 1 heterocycles. The van der Waals surface area contributed by atoms with Crippen LogP contribution in [0.4, 0.5) is 5.69 Å². The Hall–Kier alpha value is -2.69. The molecular formula is C16H16N2O3. The number of anilines is 1. The van der Waals surface area contributed by atoms with Crippen LogP contribution >= 0.6 is 0 Å². The number of benzene rings is 1. The molecule has 0 saturated heterocycles. The molecule has 0 aliphatic heterocycles. The second kappa shape index (κ2) is 6.65. The number of pyridine rings is 1. The topological polar surface area (TPSA) is 68.3 Å². The van der Waals surface area contributed by atoms with Gasteiger partial charge in [-0.1, -0.05) is 30.3 Å². The first-order chi connectivity index (χ1) is 10.1. The Kier molecular flexibility index (Phi) is 4.66. The van der Waals surface area contributed by atoms with Gasteiger partial charge in [-0.2, -0.15) is 0 Å². The summed E-state index contributed by atoms with van der Waals surface area (Å²) in [5, 5.41) is 3.06. The molecule has 0 bridgehead atoms. The van der Waals surface area contributed by atoms with Gasteiger partial charge in [0, 0.05) is 6.92 Å². The van der Waals surface area contributed by atoms with Gasteiger partial charge < -0.3 is 10.1 Å². The Bertz CT molecular complexity index is 624. The van der Waals surface area contributed by atoms with E-state index < -0.39 is 12.0 Å². The molecule has 0 spiro atoms. The fourth-order valence-electron chi connectivity index (χ4n) is 1.90. The number of Topliss-reactive ketones (excluding diaryl/α,β-unsaturated/α-hetero) is 1. The Morgan fingerprint density at radius 1 is 1.14 bits per heavy atom. The summed E-state index contributed by atoms with van der Waals surface area (Å²) < 4.78 is 4.82. The zero-order chi connectivity index (χ0) is 15.2. The van der Waals surface area contributed by atoms with E-state index in [1.165, 1.54) is 20.2 Å². The van der Waals surface area contributed by atoms with E-state index in [9.17, 15) is 9.59 Å². The number of methoxy groups -OCH3 is 1. The molecular weight excluding hydrogens is 268 g/mol. The van der Waals surface area contributed by atoms with Crippen LogP contribution in [0.25, 0.3) is 0 Å². The predicted molar refractivity (Wildman–Crippen MR) is 79.1 cm³/mol. The van der Waals surface area contributed by atoms with E-state index in [1.54, 1.807) is 12.1 Å². The highest BCUT2D eigenvalue weighted by molar-refractivity contribution is 5.92. The van der Waals surface area contributed by atoms with Crippen LogP contribution in [0, 0.1) is 0 Å². The van der Waals surface area contributed by atoms with Crippen LogP contribution in [0.5, 0.6) is 0 Å². The first-order valence-corrected chi connectivity index (χ1v) is 6.48. The third-order valence-corrected chi connectivity index (χ3v) is 3.00. The smallest absolute Gasteiger partial charge is 0.332 e. The number of rotatable bonds is 5. The third kappa shape index (κ3) is 3.66. The third-order valence-electron chi connectivity index (χ3n) is 3.00. The van der Waals surface area contributed by atoms with Gasteiger partial charge in [0.15, 0.2) is 11.8 Å². The normalized spacial score (nSPS) is 11.5. The summed E-state index contributed by atoms with van der Waals surface area (Å²) in [5.74, 6) is -0.494. The van der Waals surface area contributed by atoms with Gasteiger partial charge >= 0.3 is 5.97 Å². The molecule has 1 unspecified atom stereocenters. The Balaban J connectivity index is 2.23. The summed E-state index contributed by atoms with van der Waals surface area (Å²) in [7, 11) is 1.34. The molecule has 2 rings (SSSR count). The highest BCUT2D eigenvalue weighted by atomic mass is 16.5. The van der Waals surface area contributed by atoms with Gasteiger partial charge in [0.2, 0.25) is 0 Å². The number of esters is 1. The van der Waals surface area contributed by atoms with Crippen LogP contribution in [-0.2, 0) is 9.53 Å². The SMILES string of the molecule is COC(=O)C(Nc1ccc(C(C)=O)nc1)c1ccccc1. The van der Waals surface area contributed by atoms with Crippen LogP contribution in [0.2, 0.25) is 0 Å². The standard InChI is InChI=1S/C16H16N2O3/c1-11(19)14-9-8-13(10-17-14)18-15(16(20)21-2)12-6-4-3-5-7-12/h3-10,15,18H,1-2H3. The lowest BCUT2D eigenvalue weighted by atomic mass is 10.1. The summed E-state index contributed by atoms with van der Waals surface area (Å²) in [4.78, 5) is 27.2. The summed E-state index contributed by atoms with van der Waals surface area (Å²) >= 11 is 0. The molecule has 0 amide bonds. The van der Waals surface area contributed by atoms with Crippen LogP contribution < -0.4 is 5.32 Å². The molecule has 0 fully saturated rings. The van der Waals surface area contributed by atoms with Gasteiger partial charge in [0.05, 0.1) is 19.0 Å². The lowest BCUT2D eigenvalue weighted by Crippen LogP contribution is -2.22. The molecule has 108 valence electrons. The number of carbonyl (C=O) groups is 2. The zero-order valence-corrected chi connectivity index (χ0v) is 11.9. The number of ether oxygens (including phenoxy) is 1. The number of nitrogens with zero attached hydrogens (tertiary/aromatic N) is 1. The fraction of sp³-hybridized carbons (Fsp3) is 0.188. The first-order valence-electron chi connectivity index (χ1n) is 6.48. The van der Waals surface area contributed by atoms with E-state index in [0.29, 0.717) is 11.4 Å². The van der Waals surface area contributed by atoms with Crippen molar-refractivity contribution >= 4 is 17.4 Å². The molecule has 21 heavy (non-hydrogen) atoms. The number of ketones is 1. The molecule has 1 N–H and O–H groups in total. The number of hydrogen-bond donors (Lipinski definition) is 1. The molecule has 1 atom stereocenters. The Labute approximate surface area is 123 Å². The molecule has 0 radical (unpaired) electrons. The van der Waals surface area contributed by atoms with Crippen molar-refractivity contribution in [2.24, 2.45) is 0 Å². The minimum atomic E-state index is -0.624. The molecule has 5 heteroatoms. The molecule has 1 aromatic heterocycles. The number of nitrogens with one attached hydrogen (secondary N) is 1. The lowest BCUT2D eigenvalue weighted by Gasteiger charge is -2.17. The maximum atomic E-state index is 11.9. The molecule has 2 aromatic rings. The Morgan fingerprint density at radius 2 is 1.86 bits per heavy atom. The van der Waals surface area contributed by atoms with E-state index in [-0.39, 0.29) is 5.78 Å². The van der Waals surface area contributed by atoms with Crippen molar-refractivity contribution in [3.05, 3.63) is 59.9 Å². The van der Waals surface area contributed by atoms with Crippen molar-refractivity contribution in [1.29, 1.82) is 0 Å². The molecule has 0 aliphatic carbocycles. The van der Waals surface area contributed by atoms with Crippen LogP contribution in [-0.4, -0.2) is 23.8 Å². The van der Waals surface area contributed by atoms with E-state index in [1.807, 2.05) is 30.3 Å². The highest BCUT2D eigenvalue weighted by Crippen LogP contribution is 2.20. The number of aromatic nitrogens is 1. The van der Waals surface area contributed by atoms with Crippen molar-refractivity contribution < 1.29 is 14.3 Å². The van der Waals surface area contributed by atoms with E-state index in [4.69, 9.17) is 4.74 Å². The van der Waals surface area contributed by atoms with Crippen molar-refractivity contribution in [3.8, 4) is 0 Å². The van der Waals surface area contributed by atoms with Gasteiger partial charge in [-0.25, -0.2) is 4.79 Å². The monoisotopic (exact) mass is 284 g/mol. The molecule has 0 saturated carbocycles. The van der Waals surface area contributed by atoms with Crippen molar-refractivity contribution in [2.45, 2.75) is 13.0 Å². The summed E-state index contributed by atoms with van der Waals surface area (Å²) in [6.07, 6.45) is 1.52.